The van der Waals surface area contributed by atoms with Crippen LogP contribution >= 0.6 is 22.9 Å². The molecule has 1 amide bonds. The molecule has 0 saturated carbocycles. The number of methoxy groups -OCH3 is 1. The number of carbonyl (C=O) groups excluding carboxylic acids is 3. The SMILES string of the molecule is CCOC(=O)Cn1c(=NC(=O)c2ccc(C(=O)OC)cc2)sc2ccc(Cl)c(C)c21. The van der Waals surface area contributed by atoms with E-state index in [1.165, 1.54) is 42.7 Å². The van der Waals surface area contributed by atoms with Crippen molar-refractivity contribution in [3.8, 4) is 0 Å². The summed E-state index contributed by atoms with van der Waals surface area (Å²) in [6.45, 7) is 3.72. The van der Waals surface area contributed by atoms with Crippen molar-refractivity contribution in [2.24, 2.45) is 4.99 Å². The van der Waals surface area contributed by atoms with Crippen molar-refractivity contribution < 1.29 is 23.9 Å². The van der Waals surface area contributed by atoms with Gasteiger partial charge in [0.25, 0.3) is 5.91 Å². The van der Waals surface area contributed by atoms with Gasteiger partial charge in [-0.1, -0.05) is 22.9 Å². The zero-order valence-electron chi connectivity index (χ0n) is 16.6. The molecule has 0 unspecified atom stereocenters. The quantitative estimate of drug-likeness (QED) is 0.557. The lowest BCUT2D eigenvalue weighted by atomic mass is 10.1. The van der Waals surface area contributed by atoms with Gasteiger partial charge in [-0.3, -0.25) is 9.59 Å². The molecule has 2 aromatic carbocycles. The predicted molar refractivity (Wildman–Crippen MR) is 114 cm³/mol. The first-order chi connectivity index (χ1) is 14.3. The molecule has 0 aliphatic heterocycles. The highest BCUT2D eigenvalue weighted by atomic mass is 35.5. The maximum atomic E-state index is 12.7. The standard InChI is InChI=1S/C21H19ClN2O5S/c1-4-29-17(25)11-24-18-12(2)15(22)9-10-16(18)30-21(24)23-19(26)13-5-7-14(8-6-13)20(27)28-3/h5-10H,4,11H2,1-3H3. The molecule has 1 aromatic heterocycles. The molecule has 30 heavy (non-hydrogen) atoms. The van der Waals surface area contributed by atoms with E-state index in [1.54, 1.807) is 17.6 Å². The number of thiazole rings is 1. The van der Waals surface area contributed by atoms with Gasteiger partial charge in [-0.05, 0) is 55.8 Å². The number of benzene rings is 2. The molecule has 0 bridgehead atoms. The van der Waals surface area contributed by atoms with E-state index in [0.29, 0.717) is 21.0 Å². The third-order valence-corrected chi connectivity index (χ3v) is 5.83. The Morgan fingerprint density at radius 2 is 1.77 bits per heavy atom. The van der Waals surface area contributed by atoms with Crippen LogP contribution in [0.2, 0.25) is 5.02 Å². The lowest BCUT2D eigenvalue weighted by molar-refractivity contribution is -0.143. The first kappa shape index (κ1) is 21.7. The Kier molecular flexibility index (Phi) is 6.69. The molecular formula is C21H19ClN2O5S. The molecular weight excluding hydrogens is 428 g/mol. The van der Waals surface area contributed by atoms with Gasteiger partial charge in [-0.25, -0.2) is 4.79 Å². The number of hydrogen-bond acceptors (Lipinski definition) is 6. The lowest BCUT2D eigenvalue weighted by Gasteiger charge is -2.08. The number of amides is 1. The number of rotatable bonds is 5. The fourth-order valence-electron chi connectivity index (χ4n) is 2.90. The smallest absolute Gasteiger partial charge is 0.337 e. The molecule has 9 heteroatoms. The molecule has 0 aliphatic carbocycles. The van der Waals surface area contributed by atoms with Crippen molar-refractivity contribution in [3.63, 3.8) is 0 Å². The summed E-state index contributed by atoms with van der Waals surface area (Å²) in [5, 5.41) is 0.550. The number of fused-ring (bicyclic) bond motifs is 1. The molecule has 3 rings (SSSR count). The summed E-state index contributed by atoms with van der Waals surface area (Å²) in [5.41, 5.74) is 2.15. The molecule has 0 aliphatic rings. The topological polar surface area (TPSA) is 87.0 Å². The van der Waals surface area contributed by atoms with Crippen molar-refractivity contribution in [2.75, 3.05) is 13.7 Å². The number of nitrogens with zero attached hydrogens (tertiary/aromatic N) is 2. The normalized spacial score (nSPS) is 11.5. The number of halogens is 1. The van der Waals surface area contributed by atoms with Crippen LogP contribution in [0.4, 0.5) is 0 Å². The Balaban J connectivity index is 2.08. The molecule has 0 atom stereocenters. The van der Waals surface area contributed by atoms with Crippen molar-refractivity contribution in [2.45, 2.75) is 20.4 Å². The van der Waals surface area contributed by atoms with Crippen molar-refractivity contribution >= 4 is 51.0 Å². The van der Waals surface area contributed by atoms with Gasteiger partial charge in [0.05, 0.1) is 29.5 Å². The predicted octanol–water partition coefficient (Wildman–Crippen LogP) is 3.76. The lowest BCUT2D eigenvalue weighted by Crippen LogP contribution is -2.23. The number of carbonyl (C=O) groups is 3. The maximum Gasteiger partial charge on any atom is 0.337 e. The van der Waals surface area contributed by atoms with Gasteiger partial charge in [0, 0.05) is 10.6 Å². The van der Waals surface area contributed by atoms with Crippen LogP contribution < -0.4 is 4.80 Å². The van der Waals surface area contributed by atoms with E-state index in [0.717, 1.165) is 15.8 Å². The van der Waals surface area contributed by atoms with Crippen molar-refractivity contribution in [1.29, 1.82) is 0 Å². The fraction of sp³-hybridized carbons (Fsp3) is 0.238. The first-order valence-corrected chi connectivity index (χ1v) is 10.3. The summed E-state index contributed by atoms with van der Waals surface area (Å²) in [4.78, 5) is 41.0. The Bertz CT molecular complexity index is 1190. The Morgan fingerprint density at radius 1 is 1.10 bits per heavy atom. The Morgan fingerprint density at radius 3 is 2.40 bits per heavy atom. The van der Waals surface area contributed by atoms with Crippen molar-refractivity contribution in [3.05, 3.63) is 62.9 Å². The van der Waals surface area contributed by atoms with Gasteiger partial charge in [0.1, 0.15) is 6.54 Å². The van der Waals surface area contributed by atoms with Crippen LogP contribution in [0.5, 0.6) is 0 Å². The Hall–Kier alpha value is -2.97. The van der Waals surface area contributed by atoms with Gasteiger partial charge in [-0.2, -0.15) is 4.99 Å². The molecule has 0 saturated heterocycles. The van der Waals surface area contributed by atoms with Gasteiger partial charge < -0.3 is 14.0 Å². The molecule has 0 fully saturated rings. The average Bonchev–Trinajstić information content (AvgIpc) is 3.07. The highest BCUT2D eigenvalue weighted by molar-refractivity contribution is 7.16. The summed E-state index contributed by atoms with van der Waals surface area (Å²) in [6, 6.07) is 9.59. The number of ether oxygens (including phenoxy) is 2. The van der Waals surface area contributed by atoms with Crippen LogP contribution in [-0.4, -0.2) is 36.1 Å². The van der Waals surface area contributed by atoms with E-state index < -0.39 is 17.8 Å². The number of aromatic nitrogens is 1. The highest BCUT2D eigenvalue weighted by Crippen LogP contribution is 2.27. The Labute approximate surface area is 181 Å². The zero-order chi connectivity index (χ0) is 21.8. The van der Waals surface area contributed by atoms with Crippen molar-refractivity contribution in [1.82, 2.24) is 4.57 Å². The van der Waals surface area contributed by atoms with E-state index in [1.807, 2.05) is 13.0 Å². The second-order valence-corrected chi connectivity index (χ2v) is 7.70. The van der Waals surface area contributed by atoms with Gasteiger partial charge >= 0.3 is 11.9 Å². The van der Waals surface area contributed by atoms with Crippen LogP contribution in [-0.2, 0) is 20.8 Å². The summed E-state index contributed by atoms with van der Waals surface area (Å²) in [6.07, 6.45) is 0. The van der Waals surface area contributed by atoms with E-state index in [-0.39, 0.29) is 13.2 Å². The average molecular weight is 447 g/mol. The first-order valence-electron chi connectivity index (χ1n) is 9.07. The summed E-state index contributed by atoms with van der Waals surface area (Å²) in [5.74, 6) is -1.43. The second-order valence-electron chi connectivity index (χ2n) is 6.28. The minimum Gasteiger partial charge on any atom is -0.465 e. The molecule has 1 heterocycles. The number of aryl methyl sites for hydroxylation is 1. The van der Waals surface area contributed by atoms with Crippen LogP contribution in [0, 0.1) is 6.92 Å². The van der Waals surface area contributed by atoms with E-state index in [2.05, 4.69) is 9.73 Å². The highest BCUT2D eigenvalue weighted by Gasteiger charge is 2.16. The van der Waals surface area contributed by atoms with Crippen LogP contribution in [0.15, 0.2) is 41.4 Å². The third-order valence-electron chi connectivity index (χ3n) is 4.37. The molecule has 0 spiro atoms. The maximum absolute atomic E-state index is 12.7. The molecule has 7 nitrogen and oxygen atoms in total. The molecule has 156 valence electrons. The fourth-order valence-corrected chi connectivity index (χ4v) is 4.14. The van der Waals surface area contributed by atoms with E-state index in [9.17, 15) is 14.4 Å². The van der Waals surface area contributed by atoms with Crippen LogP contribution in [0.1, 0.15) is 33.2 Å². The largest absolute Gasteiger partial charge is 0.465 e. The van der Waals surface area contributed by atoms with E-state index >= 15 is 0 Å². The van der Waals surface area contributed by atoms with Gasteiger partial charge in [-0.15, -0.1) is 0 Å². The third kappa shape index (κ3) is 4.44. The molecule has 3 aromatic rings. The van der Waals surface area contributed by atoms with Gasteiger partial charge in [0.2, 0.25) is 0 Å². The van der Waals surface area contributed by atoms with Crippen LogP contribution in [0.3, 0.4) is 0 Å². The summed E-state index contributed by atoms with van der Waals surface area (Å²) in [7, 11) is 1.29. The van der Waals surface area contributed by atoms with Crippen LogP contribution in [0.25, 0.3) is 10.2 Å². The molecule has 0 N–H and O–H groups in total. The summed E-state index contributed by atoms with van der Waals surface area (Å²) >= 11 is 7.54. The number of hydrogen-bond donors (Lipinski definition) is 0. The summed E-state index contributed by atoms with van der Waals surface area (Å²) < 4.78 is 12.2. The minimum absolute atomic E-state index is 0.0948. The zero-order valence-corrected chi connectivity index (χ0v) is 18.2. The minimum atomic E-state index is -0.501. The van der Waals surface area contributed by atoms with Gasteiger partial charge in [0.15, 0.2) is 4.80 Å². The molecule has 0 radical (unpaired) electrons. The number of esters is 2. The van der Waals surface area contributed by atoms with E-state index in [4.69, 9.17) is 16.3 Å². The monoisotopic (exact) mass is 446 g/mol. The second kappa shape index (κ2) is 9.23.